The van der Waals surface area contributed by atoms with Gasteiger partial charge in [0, 0.05) is 6.61 Å². The molecule has 0 radical (unpaired) electrons. The Morgan fingerprint density at radius 3 is 2.69 bits per heavy atom. The molecular weight excluding hydrogens is 160 g/mol. The van der Waals surface area contributed by atoms with E-state index in [0.717, 1.165) is 12.5 Å². The number of hydrogen-bond donors (Lipinski definition) is 0. The number of rotatable bonds is 3. The van der Waals surface area contributed by atoms with Gasteiger partial charge in [0.2, 0.25) is 0 Å². The average molecular weight is 184 g/mol. The molecule has 2 unspecified atom stereocenters. The number of ether oxygens (including phenoxy) is 1. The normalized spacial score (nSPS) is 35.3. The first kappa shape index (κ1) is 11.0. The highest BCUT2D eigenvalue weighted by atomic mass is 16.5. The quantitative estimate of drug-likeness (QED) is 0.651. The molecule has 0 aromatic rings. The molecule has 1 heteroatoms. The van der Waals surface area contributed by atoms with Crippen LogP contribution in [-0.4, -0.2) is 12.7 Å². The van der Waals surface area contributed by atoms with Gasteiger partial charge in [-0.2, -0.15) is 0 Å². The molecule has 0 saturated heterocycles. The molecule has 1 rings (SSSR count). The minimum atomic E-state index is 0.526. The minimum Gasteiger partial charge on any atom is -0.378 e. The molecule has 0 amide bonds. The van der Waals surface area contributed by atoms with Gasteiger partial charge < -0.3 is 4.74 Å². The largest absolute Gasteiger partial charge is 0.378 e. The molecular formula is C12H24O. The van der Waals surface area contributed by atoms with E-state index in [9.17, 15) is 0 Å². The van der Waals surface area contributed by atoms with Crippen LogP contribution in [0.1, 0.15) is 53.4 Å². The van der Waals surface area contributed by atoms with Crippen LogP contribution in [0.15, 0.2) is 0 Å². The maximum absolute atomic E-state index is 5.73. The van der Waals surface area contributed by atoms with Gasteiger partial charge in [-0.1, -0.05) is 27.2 Å². The lowest BCUT2D eigenvalue weighted by Gasteiger charge is -2.41. The second-order valence-corrected chi connectivity index (χ2v) is 4.98. The topological polar surface area (TPSA) is 9.23 Å². The van der Waals surface area contributed by atoms with Gasteiger partial charge >= 0.3 is 0 Å². The van der Waals surface area contributed by atoms with Crippen molar-refractivity contribution in [1.82, 2.24) is 0 Å². The molecule has 0 spiro atoms. The first-order valence-electron chi connectivity index (χ1n) is 5.70. The van der Waals surface area contributed by atoms with Crippen molar-refractivity contribution in [3.63, 3.8) is 0 Å². The summed E-state index contributed by atoms with van der Waals surface area (Å²) in [6.07, 6.45) is 5.80. The van der Waals surface area contributed by atoms with Gasteiger partial charge in [0.25, 0.3) is 0 Å². The highest BCUT2D eigenvalue weighted by Gasteiger charge is 2.34. The lowest BCUT2D eigenvalue weighted by Crippen LogP contribution is -2.34. The lowest BCUT2D eigenvalue weighted by atomic mass is 9.67. The molecule has 0 aliphatic heterocycles. The van der Waals surface area contributed by atoms with Crippen molar-refractivity contribution in [2.24, 2.45) is 11.3 Å². The van der Waals surface area contributed by atoms with Crippen molar-refractivity contribution in [3.05, 3.63) is 0 Å². The first-order chi connectivity index (χ1) is 6.08. The van der Waals surface area contributed by atoms with Gasteiger partial charge in [0.15, 0.2) is 0 Å². The van der Waals surface area contributed by atoms with Gasteiger partial charge in [-0.25, -0.2) is 0 Å². The highest BCUT2D eigenvalue weighted by molar-refractivity contribution is 4.85. The van der Waals surface area contributed by atoms with Crippen LogP contribution in [0.5, 0.6) is 0 Å². The second kappa shape index (κ2) is 4.45. The summed E-state index contributed by atoms with van der Waals surface area (Å²) < 4.78 is 5.73. The van der Waals surface area contributed by atoms with Crippen LogP contribution in [-0.2, 0) is 4.74 Å². The fourth-order valence-electron chi connectivity index (χ4n) is 2.36. The zero-order chi connectivity index (χ0) is 9.90. The Balaban J connectivity index is 2.49. The third kappa shape index (κ3) is 2.70. The van der Waals surface area contributed by atoms with E-state index in [0.29, 0.717) is 11.5 Å². The molecule has 0 N–H and O–H groups in total. The first-order valence-corrected chi connectivity index (χ1v) is 5.70. The van der Waals surface area contributed by atoms with Gasteiger partial charge in [-0.3, -0.25) is 0 Å². The van der Waals surface area contributed by atoms with Gasteiger partial charge in [0.1, 0.15) is 0 Å². The predicted octanol–water partition coefficient (Wildman–Crippen LogP) is 3.63. The number of hydrogen-bond acceptors (Lipinski definition) is 1. The van der Waals surface area contributed by atoms with E-state index in [1.165, 1.54) is 25.7 Å². The van der Waals surface area contributed by atoms with Crippen molar-refractivity contribution >= 4 is 0 Å². The maximum atomic E-state index is 5.73. The third-order valence-electron chi connectivity index (χ3n) is 3.76. The van der Waals surface area contributed by atoms with Crippen LogP contribution in [0.2, 0.25) is 0 Å². The van der Waals surface area contributed by atoms with Crippen LogP contribution in [0.25, 0.3) is 0 Å². The Morgan fingerprint density at radius 2 is 2.15 bits per heavy atom. The van der Waals surface area contributed by atoms with Gasteiger partial charge in [-0.05, 0) is 37.5 Å². The molecule has 13 heavy (non-hydrogen) atoms. The van der Waals surface area contributed by atoms with Crippen LogP contribution in [0.4, 0.5) is 0 Å². The minimum absolute atomic E-state index is 0.526. The Hall–Kier alpha value is -0.0400. The Bertz CT molecular complexity index is 151. The molecule has 0 bridgehead atoms. The molecule has 1 aliphatic rings. The molecule has 1 saturated carbocycles. The summed E-state index contributed by atoms with van der Waals surface area (Å²) in [4.78, 5) is 0. The van der Waals surface area contributed by atoms with E-state index in [-0.39, 0.29) is 0 Å². The Labute approximate surface area is 82.9 Å². The molecule has 0 aromatic heterocycles. The summed E-state index contributed by atoms with van der Waals surface area (Å²) in [5, 5.41) is 0. The molecule has 0 heterocycles. The van der Waals surface area contributed by atoms with Crippen LogP contribution >= 0.6 is 0 Å². The molecule has 2 atom stereocenters. The SMILES string of the molecule is CCOC1CCCC(C)(C(C)C)C1. The Kier molecular flexibility index (Phi) is 3.78. The summed E-state index contributed by atoms with van der Waals surface area (Å²) in [6, 6.07) is 0. The van der Waals surface area contributed by atoms with Crippen LogP contribution in [0, 0.1) is 11.3 Å². The predicted molar refractivity (Wildman–Crippen MR) is 56.8 cm³/mol. The van der Waals surface area contributed by atoms with Crippen molar-refractivity contribution in [2.75, 3.05) is 6.61 Å². The van der Waals surface area contributed by atoms with E-state index in [4.69, 9.17) is 4.74 Å². The van der Waals surface area contributed by atoms with Crippen molar-refractivity contribution in [3.8, 4) is 0 Å². The molecule has 1 nitrogen and oxygen atoms in total. The van der Waals surface area contributed by atoms with Gasteiger partial charge in [0.05, 0.1) is 6.10 Å². The molecule has 1 fully saturated rings. The smallest absolute Gasteiger partial charge is 0.0580 e. The average Bonchev–Trinajstić information content (AvgIpc) is 2.04. The van der Waals surface area contributed by atoms with E-state index < -0.39 is 0 Å². The zero-order valence-corrected chi connectivity index (χ0v) is 9.60. The molecule has 0 aromatic carbocycles. The van der Waals surface area contributed by atoms with E-state index in [1.54, 1.807) is 0 Å². The molecule has 78 valence electrons. The van der Waals surface area contributed by atoms with Gasteiger partial charge in [-0.15, -0.1) is 0 Å². The Morgan fingerprint density at radius 1 is 1.46 bits per heavy atom. The summed E-state index contributed by atoms with van der Waals surface area (Å²) in [5.41, 5.74) is 0.526. The fourth-order valence-corrected chi connectivity index (χ4v) is 2.36. The van der Waals surface area contributed by atoms with Crippen molar-refractivity contribution in [2.45, 2.75) is 59.5 Å². The maximum Gasteiger partial charge on any atom is 0.0580 e. The highest BCUT2D eigenvalue weighted by Crippen LogP contribution is 2.42. The standard InChI is InChI=1S/C12H24O/c1-5-13-11-7-6-8-12(4,9-11)10(2)3/h10-11H,5-9H2,1-4H3. The summed E-state index contributed by atoms with van der Waals surface area (Å²) in [5.74, 6) is 0.788. The fraction of sp³-hybridized carbons (Fsp3) is 1.00. The monoisotopic (exact) mass is 184 g/mol. The van der Waals surface area contributed by atoms with E-state index >= 15 is 0 Å². The second-order valence-electron chi connectivity index (χ2n) is 4.98. The van der Waals surface area contributed by atoms with E-state index in [1.807, 2.05) is 0 Å². The van der Waals surface area contributed by atoms with E-state index in [2.05, 4.69) is 27.7 Å². The summed E-state index contributed by atoms with van der Waals surface area (Å²) in [7, 11) is 0. The lowest BCUT2D eigenvalue weighted by molar-refractivity contribution is -0.0204. The van der Waals surface area contributed by atoms with Crippen molar-refractivity contribution in [1.29, 1.82) is 0 Å². The summed E-state index contributed by atoms with van der Waals surface area (Å²) >= 11 is 0. The zero-order valence-electron chi connectivity index (χ0n) is 9.60. The molecule has 1 aliphatic carbocycles. The van der Waals surface area contributed by atoms with Crippen LogP contribution < -0.4 is 0 Å². The summed E-state index contributed by atoms with van der Waals surface area (Å²) in [6.45, 7) is 10.1. The van der Waals surface area contributed by atoms with Crippen molar-refractivity contribution < 1.29 is 4.74 Å². The van der Waals surface area contributed by atoms with Crippen LogP contribution in [0.3, 0.4) is 0 Å². The third-order valence-corrected chi connectivity index (χ3v) is 3.76.